The molecule has 1 N–H and O–H groups in total. The molecule has 0 saturated carbocycles. The molecule has 0 heterocycles. The molecule has 0 saturated heterocycles. The van der Waals surface area contributed by atoms with E-state index in [-0.39, 0.29) is 18.9 Å². The summed E-state index contributed by atoms with van der Waals surface area (Å²) in [4.78, 5) is 16.9. The van der Waals surface area contributed by atoms with Crippen molar-refractivity contribution in [2.75, 3.05) is 5.32 Å². The van der Waals surface area contributed by atoms with Gasteiger partial charge in [0, 0.05) is 21.3 Å². The van der Waals surface area contributed by atoms with Crippen LogP contribution in [0.4, 0.5) is 5.69 Å². The average Bonchev–Trinajstić information content (AvgIpc) is 2.52. The minimum atomic E-state index is -0.259. The molecule has 0 aliphatic rings. The van der Waals surface area contributed by atoms with Crippen LogP contribution in [0.2, 0.25) is 20.1 Å². The van der Waals surface area contributed by atoms with Gasteiger partial charge in [-0.25, -0.2) is 0 Å². The van der Waals surface area contributed by atoms with Crippen molar-refractivity contribution in [3.05, 3.63) is 62.1 Å². The van der Waals surface area contributed by atoms with Gasteiger partial charge in [0.05, 0.1) is 22.7 Å². The van der Waals surface area contributed by atoms with Crippen LogP contribution in [0, 0.1) is 0 Å². The molecule has 8 heteroatoms. The van der Waals surface area contributed by atoms with Crippen LogP contribution in [-0.4, -0.2) is 12.1 Å². The van der Waals surface area contributed by atoms with Crippen LogP contribution in [0.15, 0.2) is 41.6 Å². The Morgan fingerprint density at radius 1 is 1.04 bits per heavy atom. The quantitative estimate of drug-likeness (QED) is 0.485. The van der Waals surface area contributed by atoms with Gasteiger partial charge in [-0.15, -0.1) is 0 Å². The first-order valence-corrected chi connectivity index (χ1v) is 8.29. The van der Waals surface area contributed by atoms with Gasteiger partial charge in [0.15, 0.2) is 0 Å². The van der Waals surface area contributed by atoms with Crippen LogP contribution in [0.5, 0.6) is 0 Å². The first-order valence-electron chi connectivity index (χ1n) is 6.78. The summed E-state index contributed by atoms with van der Waals surface area (Å²) in [5.74, 6) is -0.259. The number of hydrogen-bond acceptors (Lipinski definition) is 3. The molecule has 0 bridgehead atoms. The highest BCUT2D eigenvalue weighted by Gasteiger charge is 2.04. The van der Waals surface area contributed by atoms with Crippen molar-refractivity contribution in [2.45, 2.75) is 13.0 Å². The van der Waals surface area contributed by atoms with Crippen LogP contribution in [0.25, 0.3) is 0 Å². The molecule has 1 amide bonds. The molecule has 4 nitrogen and oxygen atoms in total. The molecule has 0 unspecified atom stereocenters. The Bertz CT molecular complexity index is 766. The van der Waals surface area contributed by atoms with Crippen LogP contribution in [0.3, 0.4) is 0 Å². The number of nitrogens with one attached hydrogen (secondary N) is 1. The predicted octanol–water partition coefficient (Wildman–Crippen LogP) is 5.83. The van der Waals surface area contributed by atoms with Gasteiger partial charge in [-0.3, -0.25) is 4.79 Å². The number of carbonyl (C=O) groups is 1. The van der Waals surface area contributed by atoms with Crippen molar-refractivity contribution >= 4 is 64.2 Å². The molecule has 0 aliphatic carbocycles. The van der Waals surface area contributed by atoms with E-state index >= 15 is 0 Å². The zero-order chi connectivity index (χ0) is 17.5. The summed E-state index contributed by atoms with van der Waals surface area (Å²) in [6.45, 7) is 0.181. The molecule has 0 aliphatic heterocycles. The molecule has 2 aromatic rings. The molecule has 24 heavy (non-hydrogen) atoms. The number of rotatable bonds is 6. The smallest absolute Gasteiger partial charge is 0.229 e. The van der Waals surface area contributed by atoms with E-state index in [0.717, 1.165) is 5.56 Å². The monoisotopic (exact) mass is 404 g/mol. The summed E-state index contributed by atoms with van der Waals surface area (Å²) in [5.41, 5.74) is 1.30. The number of benzene rings is 2. The van der Waals surface area contributed by atoms with E-state index in [4.69, 9.17) is 51.2 Å². The summed E-state index contributed by atoms with van der Waals surface area (Å²) >= 11 is 23.5. The number of hydrogen-bond donors (Lipinski definition) is 1. The lowest BCUT2D eigenvalue weighted by Gasteiger charge is -2.05. The van der Waals surface area contributed by atoms with E-state index in [2.05, 4.69) is 10.5 Å². The predicted molar refractivity (Wildman–Crippen MR) is 99.5 cm³/mol. The van der Waals surface area contributed by atoms with E-state index < -0.39 is 0 Å². The van der Waals surface area contributed by atoms with Crippen LogP contribution >= 0.6 is 46.4 Å². The van der Waals surface area contributed by atoms with Gasteiger partial charge in [-0.1, -0.05) is 57.6 Å². The Morgan fingerprint density at radius 2 is 1.83 bits per heavy atom. The highest BCUT2D eigenvalue weighted by Crippen LogP contribution is 2.25. The third-order valence-corrected chi connectivity index (χ3v) is 4.19. The van der Waals surface area contributed by atoms with Gasteiger partial charge in [-0.05, 0) is 30.3 Å². The summed E-state index contributed by atoms with van der Waals surface area (Å²) in [7, 11) is 0. The summed E-state index contributed by atoms with van der Waals surface area (Å²) in [6, 6.07) is 9.90. The van der Waals surface area contributed by atoms with Crippen molar-refractivity contribution < 1.29 is 9.63 Å². The molecular formula is C16H12Cl4N2O2. The minimum absolute atomic E-state index is 0.0502. The maximum Gasteiger partial charge on any atom is 0.229 e. The Hall–Kier alpha value is -1.46. The third-order valence-electron chi connectivity index (χ3n) is 2.86. The zero-order valence-corrected chi connectivity index (χ0v) is 15.3. The standard InChI is InChI=1S/C16H12Cl4N2O2/c17-11-2-1-10(14(19)7-11)9-24-21-6-5-16(23)22-12-3-4-13(18)15(20)8-12/h1-4,6-8H,5,9H2,(H,22,23)/b21-6-. The van der Waals surface area contributed by atoms with Crippen molar-refractivity contribution in [1.82, 2.24) is 0 Å². The second-order valence-electron chi connectivity index (χ2n) is 4.68. The lowest BCUT2D eigenvalue weighted by atomic mass is 10.2. The van der Waals surface area contributed by atoms with E-state index in [1.807, 2.05) is 0 Å². The van der Waals surface area contributed by atoms with Gasteiger partial charge in [0.25, 0.3) is 0 Å². The van der Waals surface area contributed by atoms with Crippen molar-refractivity contribution in [1.29, 1.82) is 0 Å². The maximum absolute atomic E-state index is 11.8. The number of halogens is 4. The van der Waals surface area contributed by atoms with E-state index in [1.165, 1.54) is 6.21 Å². The lowest BCUT2D eigenvalue weighted by molar-refractivity contribution is -0.115. The summed E-state index contributed by atoms with van der Waals surface area (Å²) < 4.78 is 0. The van der Waals surface area contributed by atoms with E-state index in [0.29, 0.717) is 25.8 Å². The zero-order valence-electron chi connectivity index (χ0n) is 12.2. The van der Waals surface area contributed by atoms with Gasteiger partial charge in [0.2, 0.25) is 5.91 Å². The largest absolute Gasteiger partial charge is 0.391 e. The minimum Gasteiger partial charge on any atom is -0.391 e. The van der Waals surface area contributed by atoms with Crippen LogP contribution in [0.1, 0.15) is 12.0 Å². The average molecular weight is 406 g/mol. The summed E-state index contributed by atoms with van der Waals surface area (Å²) in [5, 5.41) is 8.22. The van der Waals surface area contributed by atoms with Crippen molar-refractivity contribution in [2.24, 2.45) is 5.16 Å². The number of oxime groups is 1. The molecule has 0 aromatic heterocycles. The Kier molecular flexibility index (Phi) is 7.18. The van der Waals surface area contributed by atoms with Crippen molar-refractivity contribution in [3.63, 3.8) is 0 Å². The van der Waals surface area contributed by atoms with E-state index in [9.17, 15) is 4.79 Å². The summed E-state index contributed by atoms with van der Waals surface area (Å²) in [6.07, 6.45) is 1.41. The highest BCUT2D eigenvalue weighted by molar-refractivity contribution is 6.42. The first-order chi connectivity index (χ1) is 11.5. The van der Waals surface area contributed by atoms with Gasteiger partial charge >= 0.3 is 0 Å². The topological polar surface area (TPSA) is 50.7 Å². The molecule has 2 aromatic carbocycles. The molecule has 0 atom stereocenters. The molecule has 126 valence electrons. The SMILES string of the molecule is O=C(C/C=N\OCc1ccc(Cl)cc1Cl)Nc1ccc(Cl)c(Cl)c1. The number of amides is 1. The molecule has 0 fully saturated rings. The fourth-order valence-electron chi connectivity index (χ4n) is 1.70. The third kappa shape index (κ3) is 5.87. The molecule has 0 radical (unpaired) electrons. The van der Waals surface area contributed by atoms with Gasteiger partial charge in [0.1, 0.15) is 6.61 Å². The number of nitrogens with zero attached hydrogens (tertiary/aromatic N) is 1. The normalized spacial score (nSPS) is 10.8. The van der Waals surface area contributed by atoms with Crippen LogP contribution < -0.4 is 5.32 Å². The fraction of sp³-hybridized carbons (Fsp3) is 0.125. The Balaban J connectivity index is 1.77. The molecular weight excluding hydrogens is 394 g/mol. The molecule has 0 spiro atoms. The Labute approximate surface area is 159 Å². The second kappa shape index (κ2) is 9.14. The highest BCUT2D eigenvalue weighted by atomic mass is 35.5. The number of anilines is 1. The fourth-order valence-corrected chi connectivity index (χ4v) is 2.47. The Morgan fingerprint density at radius 3 is 2.54 bits per heavy atom. The molecule has 2 rings (SSSR count). The van der Waals surface area contributed by atoms with Crippen LogP contribution in [-0.2, 0) is 16.2 Å². The second-order valence-corrected chi connectivity index (χ2v) is 6.34. The lowest BCUT2D eigenvalue weighted by Crippen LogP contribution is -2.11. The maximum atomic E-state index is 11.8. The van der Waals surface area contributed by atoms with E-state index in [1.54, 1.807) is 36.4 Å². The van der Waals surface area contributed by atoms with Crippen molar-refractivity contribution in [3.8, 4) is 0 Å². The van der Waals surface area contributed by atoms with Gasteiger partial charge in [-0.2, -0.15) is 0 Å². The first kappa shape index (κ1) is 18.9. The number of carbonyl (C=O) groups excluding carboxylic acids is 1. The van der Waals surface area contributed by atoms with Gasteiger partial charge < -0.3 is 10.2 Å².